The van der Waals surface area contributed by atoms with Crippen molar-refractivity contribution in [3.05, 3.63) is 35.7 Å². The van der Waals surface area contributed by atoms with Crippen LogP contribution >= 0.6 is 11.8 Å². The lowest BCUT2D eigenvalue weighted by Gasteiger charge is -2.56. The maximum atomic E-state index is 5.33. The fourth-order valence-corrected chi connectivity index (χ4v) is 7.25. The zero-order valence-electron chi connectivity index (χ0n) is 16.4. The van der Waals surface area contributed by atoms with E-state index in [2.05, 4.69) is 33.9 Å². The molecule has 0 radical (unpaired) electrons. The van der Waals surface area contributed by atoms with Gasteiger partial charge in [0, 0.05) is 19.2 Å². The van der Waals surface area contributed by atoms with Crippen LogP contribution in [0.4, 0.5) is 0 Å². The van der Waals surface area contributed by atoms with Gasteiger partial charge >= 0.3 is 0 Å². The molecule has 27 heavy (non-hydrogen) atoms. The fourth-order valence-electron chi connectivity index (χ4n) is 6.38. The van der Waals surface area contributed by atoms with Crippen LogP contribution < -0.4 is 4.74 Å². The van der Waals surface area contributed by atoms with Crippen molar-refractivity contribution in [1.29, 1.82) is 0 Å². The molecule has 6 rings (SSSR count). The topological polar surface area (TPSA) is 39.9 Å². The number of benzene rings is 1. The first kappa shape index (κ1) is 17.6. The zero-order valence-corrected chi connectivity index (χ0v) is 17.2. The van der Waals surface area contributed by atoms with Crippen LogP contribution in [0.15, 0.2) is 29.4 Å². The van der Waals surface area contributed by atoms with Crippen LogP contribution in [0.2, 0.25) is 0 Å². The molecule has 144 valence electrons. The molecule has 0 amide bonds. The molecule has 4 bridgehead atoms. The minimum Gasteiger partial charge on any atom is -0.497 e. The minimum absolute atomic E-state index is 0.518. The molecule has 4 aliphatic rings. The number of hydrogen-bond donors (Lipinski definition) is 0. The first-order chi connectivity index (χ1) is 13.1. The highest BCUT2D eigenvalue weighted by Gasteiger charge is 2.51. The van der Waals surface area contributed by atoms with Gasteiger partial charge in [-0.25, -0.2) is 0 Å². The number of nitrogens with zero attached hydrogens (tertiary/aromatic N) is 3. The number of methoxy groups -OCH3 is 1. The van der Waals surface area contributed by atoms with Crippen LogP contribution in [0.3, 0.4) is 0 Å². The lowest BCUT2D eigenvalue weighted by molar-refractivity contribution is -0.0535. The second-order valence-electron chi connectivity index (χ2n) is 9.19. The summed E-state index contributed by atoms with van der Waals surface area (Å²) < 4.78 is 7.57. The van der Waals surface area contributed by atoms with Gasteiger partial charge in [-0.05, 0) is 79.4 Å². The van der Waals surface area contributed by atoms with E-state index in [1.165, 1.54) is 49.9 Å². The predicted octanol–water partition coefficient (Wildman–Crippen LogP) is 4.87. The molecular weight excluding hydrogens is 354 g/mol. The minimum atomic E-state index is 0.518. The summed E-state index contributed by atoms with van der Waals surface area (Å²) >= 11 is 1.77. The van der Waals surface area contributed by atoms with Gasteiger partial charge in [-0.3, -0.25) is 0 Å². The van der Waals surface area contributed by atoms with Crippen molar-refractivity contribution in [3.63, 3.8) is 0 Å². The van der Waals surface area contributed by atoms with E-state index in [9.17, 15) is 0 Å². The van der Waals surface area contributed by atoms with E-state index in [-0.39, 0.29) is 0 Å². The van der Waals surface area contributed by atoms with Gasteiger partial charge in [0.05, 0.1) is 7.11 Å². The van der Waals surface area contributed by atoms with Crippen LogP contribution in [0.5, 0.6) is 5.75 Å². The monoisotopic (exact) mass is 383 g/mol. The van der Waals surface area contributed by atoms with Crippen molar-refractivity contribution in [2.24, 2.45) is 30.2 Å². The van der Waals surface area contributed by atoms with Gasteiger partial charge in [0.25, 0.3) is 0 Å². The molecule has 0 atom stereocenters. The zero-order chi connectivity index (χ0) is 18.4. The van der Waals surface area contributed by atoms with E-state index in [1.807, 2.05) is 12.1 Å². The number of rotatable bonds is 6. The van der Waals surface area contributed by atoms with Gasteiger partial charge in [-0.2, -0.15) is 0 Å². The van der Waals surface area contributed by atoms with Gasteiger partial charge < -0.3 is 9.30 Å². The Morgan fingerprint density at radius 2 is 1.81 bits per heavy atom. The standard InChI is InChI=1S/C22H29N3OS/c1-25-20(13-22-10-16-6-17(11-22)8-18(7-16)12-22)23-24-21(25)27-14-15-4-3-5-19(9-15)26-2/h3-5,9,16-18H,6-8,10-14H2,1-2H3. The van der Waals surface area contributed by atoms with Crippen molar-refractivity contribution < 1.29 is 4.74 Å². The van der Waals surface area contributed by atoms with Crippen molar-refractivity contribution in [1.82, 2.24) is 14.8 Å². The number of thioether (sulfide) groups is 1. The maximum Gasteiger partial charge on any atom is 0.191 e. The Morgan fingerprint density at radius 3 is 2.48 bits per heavy atom. The summed E-state index contributed by atoms with van der Waals surface area (Å²) in [6.45, 7) is 0. The summed E-state index contributed by atoms with van der Waals surface area (Å²) in [6, 6.07) is 8.27. The first-order valence-corrected chi connectivity index (χ1v) is 11.2. The molecule has 0 unspecified atom stereocenters. The normalized spacial score (nSPS) is 31.4. The third-order valence-corrected chi connectivity index (χ3v) is 8.22. The van der Waals surface area contributed by atoms with Crippen molar-refractivity contribution in [2.75, 3.05) is 7.11 Å². The highest BCUT2D eigenvalue weighted by molar-refractivity contribution is 7.98. The summed E-state index contributed by atoms with van der Waals surface area (Å²) in [7, 11) is 3.86. The summed E-state index contributed by atoms with van der Waals surface area (Å²) in [5.41, 5.74) is 1.77. The molecule has 1 heterocycles. The third-order valence-electron chi connectivity index (χ3n) is 7.13. The highest BCUT2D eigenvalue weighted by atomic mass is 32.2. The molecule has 2 aromatic rings. The molecule has 4 aliphatic carbocycles. The lowest BCUT2D eigenvalue weighted by atomic mass is 9.49. The summed E-state index contributed by atoms with van der Waals surface area (Å²) in [5.74, 6) is 5.96. The Morgan fingerprint density at radius 1 is 1.11 bits per heavy atom. The van der Waals surface area contributed by atoms with Crippen molar-refractivity contribution in [3.8, 4) is 5.75 Å². The fraction of sp³-hybridized carbons (Fsp3) is 0.636. The number of hydrogen-bond acceptors (Lipinski definition) is 4. The molecule has 5 heteroatoms. The molecule has 0 N–H and O–H groups in total. The van der Waals surface area contributed by atoms with Crippen molar-refractivity contribution in [2.45, 2.75) is 55.9 Å². The molecular formula is C22H29N3OS. The van der Waals surface area contributed by atoms with E-state index >= 15 is 0 Å². The van der Waals surface area contributed by atoms with Crippen LogP contribution in [-0.4, -0.2) is 21.9 Å². The van der Waals surface area contributed by atoms with Crippen LogP contribution in [0.1, 0.15) is 49.9 Å². The molecule has 4 nitrogen and oxygen atoms in total. The lowest BCUT2D eigenvalue weighted by Crippen LogP contribution is -2.47. The van der Waals surface area contributed by atoms with Crippen molar-refractivity contribution >= 4 is 11.8 Å². The number of aromatic nitrogens is 3. The Bertz CT molecular complexity index is 795. The Balaban J connectivity index is 1.28. The molecule has 1 aromatic carbocycles. The van der Waals surface area contributed by atoms with E-state index in [1.54, 1.807) is 18.9 Å². The molecule has 0 saturated heterocycles. The van der Waals surface area contributed by atoms with Crippen LogP contribution in [0.25, 0.3) is 0 Å². The summed E-state index contributed by atoms with van der Waals surface area (Å²) in [5, 5.41) is 10.1. The predicted molar refractivity (Wildman–Crippen MR) is 108 cm³/mol. The van der Waals surface area contributed by atoms with E-state index in [4.69, 9.17) is 4.74 Å². The third kappa shape index (κ3) is 3.39. The Labute approximate surface area is 166 Å². The molecule has 0 aliphatic heterocycles. The molecule has 0 spiro atoms. The molecule has 4 saturated carbocycles. The second kappa shape index (κ2) is 6.84. The van der Waals surface area contributed by atoms with E-state index < -0.39 is 0 Å². The van der Waals surface area contributed by atoms with E-state index in [0.29, 0.717) is 5.41 Å². The smallest absolute Gasteiger partial charge is 0.191 e. The van der Waals surface area contributed by atoms with Gasteiger partial charge in [0.2, 0.25) is 0 Å². The highest BCUT2D eigenvalue weighted by Crippen LogP contribution is 2.60. The van der Waals surface area contributed by atoms with Crippen LogP contribution in [-0.2, 0) is 19.2 Å². The summed E-state index contributed by atoms with van der Waals surface area (Å²) in [6.07, 6.45) is 9.91. The van der Waals surface area contributed by atoms with Gasteiger partial charge in [-0.1, -0.05) is 23.9 Å². The average Bonchev–Trinajstić information content (AvgIpc) is 2.98. The Hall–Kier alpha value is -1.49. The summed E-state index contributed by atoms with van der Waals surface area (Å²) in [4.78, 5) is 0. The van der Waals surface area contributed by atoms with Gasteiger partial charge in [-0.15, -0.1) is 10.2 Å². The quantitative estimate of drug-likeness (QED) is 0.667. The van der Waals surface area contributed by atoms with Gasteiger partial charge in [0.15, 0.2) is 5.16 Å². The maximum absolute atomic E-state index is 5.33. The SMILES string of the molecule is COc1cccc(CSc2nnc(CC34CC5CC(CC(C5)C3)C4)n2C)c1. The first-order valence-electron chi connectivity index (χ1n) is 10.3. The molecule has 4 fully saturated rings. The molecule has 1 aromatic heterocycles. The van der Waals surface area contributed by atoms with Crippen LogP contribution in [0, 0.1) is 23.2 Å². The largest absolute Gasteiger partial charge is 0.497 e. The average molecular weight is 384 g/mol. The van der Waals surface area contributed by atoms with Gasteiger partial charge in [0.1, 0.15) is 11.6 Å². The Kier molecular flexibility index (Phi) is 4.46. The number of ether oxygens (including phenoxy) is 1. The second-order valence-corrected chi connectivity index (χ2v) is 10.1. The van der Waals surface area contributed by atoms with E-state index in [0.717, 1.165) is 40.8 Å².